The summed E-state index contributed by atoms with van der Waals surface area (Å²) >= 11 is 0. The smallest absolute Gasteiger partial charge is 0.407 e. The highest BCUT2D eigenvalue weighted by atomic mass is 16.5. The first-order valence-electron chi connectivity index (χ1n) is 3.42. The lowest BCUT2D eigenvalue weighted by atomic mass is 10.5. The Labute approximate surface area is 61.8 Å². The molecular weight excluding hydrogens is 130 g/mol. The van der Waals surface area contributed by atoms with Crippen molar-refractivity contribution in [1.29, 1.82) is 0 Å². The summed E-state index contributed by atoms with van der Waals surface area (Å²) in [5.41, 5.74) is 0. The van der Waals surface area contributed by atoms with E-state index >= 15 is 0 Å². The summed E-state index contributed by atoms with van der Waals surface area (Å²) in [5.74, 6) is 0. The van der Waals surface area contributed by atoms with E-state index in [-0.39, 0.29) is 6.09 Å². The van der Waals surface area contributed by atoms with Gasteiger partial charge >= 0.3 is 6.09 Å². The molecule has 0 spiro atoms. The molecule has 0 aliphatic heterocycles. The number of carbonyl (C=O) groups excluding carboxylic acids is 1. The molecule has 0 saturated carbocycles. The van der Waals surface area contributed by atoms with E-state index in [9.17, 15) is 4.79 Å². The van der Waals surface area contributed by atoms with Gasteiger partial charge in [-0.3, -0.25) is 0 Å². The molecule has 0 unspecified atom stereocenters. The molecule has 0 aliphatic rings. The Hall–Kier alpha value is -0.730. The number of hydrogen-bond donors (Lipinski definition) is 1. The third kappa shape index (κ3) is 5.41. The van der Waals surface area contributed by atoms with Gasteiger partial charge in [-0.25, -0.2) is 4.79 Å². The Balaban J connectivity index is 3.09. The largest absolute Gasteiger partial charge is 0.450 e. The highest BCUT2D eigenvalue weighted by molar-refractivity contribution is 5.66. The molecule has 1 amide bonds. The molecule has 2 radical (unpaired) electrons. The summed E-state index contributed by atoms with van der Waals surface area (Å²) in [7, 11) is 0. The normalized spacial score (nSPS) is 9.00. The summed E-state index contributed by atoms with van der Waals surface area (Å²) < 4.78 is 4.69. The Morgan fingerprint density at radius 3 is 2.90 bits per heavy atom. The zero-order valence-corrected chi connectivity index (χ0v) is 6.22. The molecule has 0 heterocycles. The van der Waals surface area contributed by atoms with Crippen molar-refractivity contribution in [2.75, 3.05) is 13.2 Å². The van der Waals surface area contributed by atoms with Gasteiger partial charge in [0.1, 0.15) is 0 Å². The molecule has 0 saturated heterocycles. The van der Waals surface area contributed by atoms with Gasteiger partial charge in [-0.05, 0) is 19.8 Å². The van der Waals surface area contributed by atoms with Gasteiger partial charge in [0.05, 0.1) is 6.61 Å². The first-order valence-corrected chi connectivity index (χ1v) is 3.42. The van der Waals surface area contributed by atoms with E-state index in [1.807, 2.05) is 6.92 Å². The van der Waals surface area contributed by atoms with Crippen LogP contribution in [-0.2, 0) is 4.74 Å². The Kier molecular flexibility index (Phi) is 5.92. The predicted molar refractivity (Wildman–Crippen MR) is 38.6 cm³/mol. The van der Waals surface area contributed by atoms with Crippen LogP contribution in [0, 0.1) is 6.92 Å². The molecule has 0 fully saturated rings. The van der Waals surface area contributed by atoms with Crippen LogP contribution in [-0.4, -0.2) is 19.2 Å². The average Bonchev–Trinajstić information content (AvgIpc) is 1.97. The van der Waals surface area contributed by atoms with Crippen molar-refractivity contribution in [3.05, 3.63) is 6.92 Å². The maximum absolute atomic E-state index is 10.6. The SMILES string of the molecule is [CH]CCNC(=O)OCCC. The fourth-order valence-electron chi connectivity index (χ4n) is 0.420. The van der Waals surface area contributed by atoms with E-state index in [1.165, 1.54) is 0 Å². The zero-order chi connectivity index (χ0) is 7.82. The lowest BCUT2D eigenvalue weighted by Gasteiger charge is -2.02. The van der Waals surface area contributed by atoms with Crippen molar-refractivity contribution in [2.45, 2.75) is 19.8 Å². The third-order valence-electron chi connectivity index (χ3n) is 0.851. The van der Waals surface area contributed by atoms with Crippen molar-refractivity contribution in [3.63, 3.8) is 0 Å². The first-order chi connectivity index (χ1) is 4.81. The molecule has 0 aromatic heterocycles. The maximum Gasteiger partial charge on any atom is 0.407 e. The highest BCUT2D eigenvalue weighted by Gasteiger charge is 1.96. The minimum atomic E-state index is -0.382. The van der Waals surface area contributed by atoms with E-state index in [2.05, 4.69) is 10.1 Å². The van der Waals surface area contributed by atoms with Crippen molar-refractivity contribution in [1.82, 2.24) is 5.32 Å². The van der Waals surface area contributed by atoms with Crippen LogP contribution in [0.25, 0.3) is 0 Å². The third-order valence-corrected chi connectivity index (χ3v) is 0.851. The summed E-state index contributed by atoms with van der Waals surface area (Å²) in [6.07, 6.45) is 0.907. The molecule has 3 heteroatoms. The molecular formula is C7H13NO2. The van der Waals surface area contributed by atoms with Crippen LogP contribution in [0.3, 0.4) is 0 Å². The van der Waals surface area contributed by atoms with Crippen LogP contribution in [0.4, 0.5) is 4.79 Å². The topological polar surface area (TPSA) is 38.3 Å². The first kappa shape index (κ1) is 9.27. The molecule has 1 N–H and O–H groups in total. The molecule has 0 bridgehead atoms. The predicted octanol–water partition coefficient (Wildman–Crippen LogP) is 1.22. The summed E-state index contributed by atoms with van der Waals surface area (Å²) in [4.78, 5) is 10.6. The molecule has 0 aliphatic carbocycles. The number of nitrogens with one attached hydrogen (secondary N) is 1. The molecule has 0 rings (SSSR count). The zero-order valence-electron chi connectivity index (χ0n) is 6.22. The number of amides is 1. The number of alkyl carbamates (subject to hydrolysis) is 1. The second-order valence-corrected chi connectivity index (χ2v) is 1.85. The van der Waals surface area contributed by atoms with E-state index in [4.69, 9.17) is 6.92 Å². The van der Waals surface area contributed by atoms with Gasteiger partial charge in [0.25, 0.3) is 0 Å². The second kappa shape index (κ2) is 6.39. The molecule has 10 heavy (non-hydrogen) atoms. The highest BCUT2D eigenvalue weighted by Crippen LogP contribution is 1.81. The van der Waals surface area contributed by atoms with Crippen molar-refractivity contribution in [3.8, 4) is 0 Å². The fourth-order valence-corrected chi connectivity index (χ4v) is 0.420. The van der Waals surface area contributed by atoms with Crippen LogP contribution in [0.1, 0.15) is 19.8 Å². The quantitative estimate of drug-likeness (QED) is 0.642. The van der Waals surface area contributed by atoms with Gasteiger partial charge in [-0.2, -0.15) is 0 Å². The average molecular weight is 143 g/mol. The van der Waals surface area contributed by atoms with Gasteiger partial charge in [-0.15, -0.1) is 0 Å². The van der Waals surface area contributed by atoms with Crippen LogP contribution in [0.2, 0.25) is 0 Å². The van der Waals surface area contributed by atoms with Gasteiger partial charge in [0.15, 0.2) is 0 Å². The minimum Gasteiger partial charge on any atom is -0.450 e. The lowest BCUT2D eigenvalue weighted by molar-refractivity contribution is 0.146. The van der Waals surface area contributed by atoms with Crippen LogP contribution >= 0.6 is 0 Å². The summed E-state index contributed by atoms with van der Waals surface area (Å²) in [6, 6.07) is 0. The van der Waals surface area contributed by atoms with Crippen LogP contribution in [0.5, 0.6) is 0 Å². The minimum absolute atomic E-state index is 0.382. The number of hydrogen-bond acceptors (Lipinski definition) is 2. The second-order valence-electron chi connectivity index (χ2n) is 1.85. The standard InChI is InChI=1S/C7H13NO2/c1-3-5-8-7(9)10-6-4-2/h1H,3-6H2,2H3,(H,8,9). The number of rotatable bonds is 4. The summed E-state index contributed by atoms with van der Waals surface area (Å²) in [6.45, 7) is 8.02. The van der Waals surface area contributed by atoms with Gasteiger partial charge < -0.3 is 10.1 Å². The van der Waals surface area contributed by atoms with E-state index in [0.29, 0.717) is 19.6 Å². The molecule has 0 atom stereocenters. The molecule has 58 valence electrons. The van der Waals surface area contributed by atoms with Crippen molar-refractivity contribution >= 4 is 6.09 Å². The van der Waals surface area contributed by atoms with Gasteiger partial charge in [0, 0.05) is 6.54 Å². The van der Waals surface area contributed by atoms with E-state index < -0.39 is 0 Å². The lowest BCUT2D eigenvalue weighted by Crippen LogP contribution is -2.25. The molecule has 0 aromatic carbocycles. The number of ether oxygens (including phenoxy) is 1. The Morgan fingerprint density at radius 2 is 2.40 bits per heavy atom. The van der Waals surface area contributed by atoms with E-state index in [1.54, 1.807) is 0 Å². The Morgan fingerprint density at radius 1 is 1.70 bits per heavy atom. The molecule has 0 aromatic rings. The van der Waals surface area contributed by atoms with Crippen LogP contribution in [0.15, 0.2) is 0 Å². The monoisotopic (exact) mass is 143 g/mol. The summed E-state index contributed by atoms with van der Waals surface area (Å²) in [5, 5.41) is 2.48. The van der Waals surface area contributed by atoms with Gasteiger partial charge in [0.2, 0.25) is 0 Å². The van der Waals surface area contributed by atoms with Crippen molar-refractivity contribution in [2.24, 2.45) is 0 Å². The maximum atomic E-state index is 10.6. The van der Waals surface area contributed by atoms with Crippen LogP contribution < -0.4 is 5.32 Å². The fraction of sp³-hybridized carbons (Fsp3) is 0.714. The van der Waals surface area contributed by atoms with Crippen molar-refractivity contribution < 1.29 is 9.53 Å². The molecule has 3 nitrogen and oxygen atoms in total. The van der Waals surface area contributed by atoms with E-state index in [0.717, 1.165) is 6.42 Å². The van der Waals surface area contributed by atoms with Gasteiger partial charge in [-0.1, -0.05) is 6.92 Å². The Bertz CT molecular complexity index is 83.6. The number of carbonyl (C=O) groups is 1.